The first kappa shape index (κ1) is 16.8. The topological polar surface area (TPSA) is 21.1 Å². The predicted molar refractivity (Wildman–Crippen MR) is 114 cm³/mol. The molecule has 1 fully saturated rings. The minimum Gasteiger partial charge on any atom is -0.341 e. The van der Waals surface area contributed by atoms with Gasteiger partial charge in [0.1, 0.15) is 0 Å². The highest BCUT2D eigenvalue weighted by Gasteiger charge is 2.55. The van der Waals surface area contributed by atoms with E-state index in [4.69, 9.17) is 0 Å². The number of nitrogens with zero attached hydrogens (tertiary/aromatic N) is 3. The van der Waals surface area contributed by atoms with Crippen molar-refractivity contribution in [3.05, 3.63) is 64.6 Å². The first-order valence-electron chi connectivity index (χ1n) is 10.8. The Morgan fingerprint density at radius 2 is 1.89 bits per heavy atom. The van der Waals surface area contributed by atoms with E-state index in [1.807, 2.05) is 12.4 Å². The largest absolute Gasteiger partial charge is 0.341 e. The molecule has 3 heteroatoms. The van der Waals surface area contributed by atoms with Crippen molar-refractivity contribution in [3.8, 4) is 0 Å². The minimum absolute atomic E-state index is 0.266. The summed E-state index contributed by atoms with van der Waals surface area (Å²) in [4.78, 5) is 6.78. The van der Waals surface area contributed by atoms with E-state index < -0.39 is 0 Å². The zero-order chi connectivity index (χ0) is 19.0. The van der Waals surface area contributed by atoms with Crippen LogP contribution in [0.5, 0.6) is 0 Å². The van der Waals surface area contributed by atoms with Crippen LogP contribution in [0.2, 0.25) is 0 Å². The fourth-order valence-corrected chi connectivity index (χ4v) is 6.56. The second kappa shape index (κ2) is 5.70. The van der Waals surface area contributed by atoms with Gasteiger partial charge in [-0.3, -0.25) is 4.98 Å². The Morgan fingerprint density at radius 3 is 2.68 bits per heavy atom. The molecule has 1 aliphatic carbocycles. The molecule has 3 unspecified atom stereocenters. The van der Waals surface area contributed by atoms with Crippen LogP contribution in [0.1, 0.15) is 47.3 Å². The lowest BCUT2D eigenvalue weighted by molar-refractivity contribution is 0.0594. The summed E-state index contributed by atoms with van der Waals surface area (Å²) in [5.41, 5.74) is 9.56. The molecular formula is C25H29N3. The van der Waals surface area contributed by atoms with Crippen molar-refractivity contribution >= 4 is 10.9 Å². The standard InChI is InChI=1S/C25H29N3/c1-16-12-18-14-25(19-4-8-26-9-5-19)15-23(17(25)2)28-22-7-11-27(3)10-6-20(22)21(13-16)24(18)28/h4-5,8-9,12-13,17,23H,6-7,10-11,14-15H2,1-3H3. The van der Waals surface area contributed by atoms with Gasteiger partial charge in [0.25, 0.3) is 0 Å². The Hall–Kier alpha value is -2.13. The second-order valence-corrected chi connectivity index (χ2v) is 9.55. The summed E-state index contributed by atoms with van der Waals surface area (Å²) in [6.07, 6.45) is 8.75. The zero-order valence-electron chi connectivity index (χ0n) is 17.2. The van der Waals surface area contributed by atoms with Crippen LogP contribution in [0, 0.1) is 12.8 Å². The molecule has 0 amide bonds. The Kier molecular flexibility index (Phi) is 3.42. The Bertz CT molecular complexity index is 1080. The predicted octanol–water partition coefficient (Wildman–Crippen LogP) is 4.45. The molecule has 3 atom stereocenters. The highest BCUT2D eigenvalue weighted by molar-refractivity contribution is 5.90. The molecule has 3 aliphatic heterocycles. The third-order valence-corrected chi connectivity index (χ3v) is 8.13. The molecule has 144 valence electrons. The molecule has 5 heterocycles. The van der Waals surface area contributed by atoms with E-state index in [0.717, 1.165) is 6.42 Å². The number of aromatic nitrogens is 2. The average Bonchev–Trinajstić information content (AvgIpc) is 2.83. The summed E-state index contributed by atoms with van der Waals surface area (Å²) in [5.74, 6) is 0.656. The number of likely N-dealkylation sites (N-methyl/N-ethyl adjacent to an activating group) is 1. The van der Waals surface area contributed by atoms with Crippen molar-refractivity contribution in [2.75, 3.05) is 20.1 Å². The molecule has 3 nitrogen and oxygen atoms in total. The molecule has 1 saturated carbocycles. The van der Waals surface area contributed by atoms with E-state index in [1.165, 1.54) is 43.5 Å². The zero-order valence-corrected chi connectivity index (χ0v) is 17.2. The molecular weight excluding hydrogens is 342 g/mol. The lowest BCUT2D eigenvalue weighted by Gasteiger charge is -2.54. The van der Waals surface area contributed by atoms with Crippen LogP contribution in [0.25, 0.3) is 10.9 Å². The number of rotatable bonds is 1. The van der Waals surface area contributed by atoms with Gasteiger partial charge in [-0.25, -0.2) is 0 Å². The van der Waals surface area contributed by atoms with E-state index in [1.54, 1.807) is 27.7 Å². The maximum absolute atomic E-state index is 4.28. The van der Waals surface area contributed by atoms with Crippen LogP contribution in [0.15, 0.2) is 36.7 Å². The van der Waals surface area contributed by atoms with Gasteiger partial charge >= 0.3 is 0 Å². The minimum atomic E-state index is 0.266. The number of aryl methyl sites for hydroxylation is 1. The fraction of sp³-hybridized carbons (Fsp3) is 0.480. The highest BCUT2D eigenvalue weighted by atomic mass is 15.1. The number of pyridine rings is 1. The summed E-state index contributed by atoms with van der Waals surface area (Å²) in [6, 6.07) is 10.1. The third-order valence-electron chi connectivity index (χ3n) is 8.13. The van der Waals surface area contributed by atoms with Gasteiger partial charge in [-0.05, 0) is 74.0 Å². The van der Waals surface area contributed by atoms with E-state index in [2.05, 4.69) is 59.6 Å². The molecule has 4 aliphatic rings. The first-order chi connectivity index (χ1) is 13.6. The van der Waals surface area contributed by atoms with Gasteiger partial charge in [-0.15, -0.1) is 0 Å². The molecule has 0 saturated heterocycles. The van der Waals surface area contributed by atoms with Crippen LogP contribution in [-0.2, 0) is 24.7 Å². The monoisotopic (exact) mass is 371 g/mol. The number of fused-ring (bicyclic) bond motifs is 2. The van der Waals surface area contributed by atoms with Crippen LogP contribution in [-0.4, -0.2) is 34.6 Å². The molecule has 2 aromatic heterocycles. The summed E-state index contributed by atoms with van der Waals surface area (Å²) < 4.78 is 2.80. The second-order valence-electron chi connectivity index (χ2n) is 9.55. The van der Waals surface area contributed by atoms with Crippen molar-refractivity contribution in [2.24, 2.45) is 5.92 Å². The normalized spacial score (nSPS) is 29.1. The number of hydrogen-bond donors (Lipinski definition) is 0. The highest BCUT2D eigenvalue weighted by Crippen LogP contribution is 2.60. The van der Waals surface area contributed by atoms with Crippen LogP contribution in [0.4, 0.5) is 0 Å². The molecule has 28 heavy (non-hydrogen) atoms. The summed E-state index contributed by atoms with van der Waals surface area (Å²) >= 11 is 0. The molecule has 7 rings (SSSR count). The third kappa shape index (κ3) is 2.06. The van der Waals surface area contributed by atoms with Crippen molar-refractivity contribution < 1.29 is 0 Å². The SMILES string of the molecule is Cc1cc2c3c(c1)c1c(n3C3CC(c4ccncc4)(C2)C3C)CCN(C)CC1. The lowest BCUT2D eigenvalue weighted by atomic mass is 9.53. The number of benzene rings is 1. The van der Waals surface area contributed by atoms with Gasteiger partial charge in [0.15, 0.2) is 0 Å². The van der Waals surface area contributed by atoms with Crippen molar-refractivity contribution in [1.82, 2.24) is 14.5 Å². The van der Waals surface area contributed by atoms with E-state index >= 15 is 0 Å². The van der Waals surface area contributed by atoms with Crippen LogP contribution >= 0.6 is 0 Å². The van der Waals surface area contributed by atoms with E-state index in [0.29, 0.717) is 12.0 Å². The number of hydrogen-bond acceptors (Lipinski definition) is 2. The summed E-state index contributed by atoms with van der Waals surface area (Å²) in [6.45, 7) is 7.12. The van der Waals surface area contributed by atoms with Crippen LogP contribution in [0.3, 0.4) is 0 Å². The molecule has 3 aromatic rings. The lowest BCUT2D eigenvalue weighted by Crippen LogP contribution is -2.51. The maximum atomic E-state index is 4.28. The maximum Gasteiger partial charge on any atom is 0.0521 e. The van der Waals surface area contributed by atoms with Gasteiger partial charge in [-0.2, -0.15) is 0 Å². The molecule has 0 radical (unpaired) electrons. The molecule has 0 spiro atoms. The van der Waals surface area contributed by atoms with Gasteiger partial charge in [0, 0.05) is 54.4 Å². The smallest absolute Gasteiger partial charge is 0.0521 e. The Balaban J connectivity index is 1.61. The van der Waals surface area contributed by atoms with E-state index in [9.17, 15) is 0 Å². The first-order valence-corrected chi connectivity index (χ1v) is 10.8. The Morgan fingerprint density at radius 1 is 1.11 bits per heavy atom. The summed E-state index contributed by atoms with van der Waals surface area (Å²) in [7, 11) is 2.27. The fourth-order valence-electron chi connectivity index (χ4n) is 6.56. The average molecular weight is 372 g/mol. The van der Waals surface area contributed by atoms with Crippen molar-refractivity contribution in [2.45, 2.75) is 51.0 Å². The van der Waals surface area contributed by atoms with Crippen molar-refractivity contribution in [3.63, 3.8) is 0 Å². The van der Waals surface area contributed by atoms with Gasteiger partial charge in [0.05, 0.1) is 5.52 Å². The molecule has 0 N–H and O–H groups in total. The van der Waals surface area contributed by atoms with Crippen molar-refractivity contribution in [1.29, 1.82) is 0 Å². The van der Waals surface area contributed by atoms with Gasteiger partial charge < -0.3 is 9.47 Å². The van der Waals surface area contributed by atoms with E-state index in [-0.39, 0.29) is 5.41 Å². The molecule has 1 aromatic carbocycles. The van der Waals surface area contributed by atoms with Gasteiger partial charge in [0.2, 0.25) is 0 Å². The summed E-state index contributed by atoms with van der Waals surface area (Å²) in [5, 5.41) is 1.55. The quantitative estimate of drug-likeness (QED) is 0.630. The van der Waals surface area contributed by atoms with Crippen LogP contribution < -0.4 is 0 Å². The molecule has 2 bridgehead atoms. The Labute approximate surface area is 167 Å². The van der Waals surface area contributed by atoms with Gasteiger partial charge in [-0.1, -0.05) is 18.6 Å².